The Hall–Kier alpha value is -1.45. The molecular formula is C8H16N6O2S. The van der Waals surface area contributed by atoms with Crippen LogP contribution in [-0.4, -0.2) is 37.7 Å². The standard InChI is InChI=1S/C8H16N6O2S/c1-6-7(11-5-12-8(6)14-9)10-3-4-13-17(2,15)16/h5,13H,3-4,9H2,1-2H3,(H2,10,11,12,14). The highest BCUT2D eigenvalue weighted by Gasteiger charge is 2.05. The smallest absolute Gasteiger partial charge is 0.208 e. The first kappa shape index (κ1) is 13.6. The third kappa shape index (κ3) is 4.51. The summed E-state index contributed by atoms with van der Waals surface area (Å²) in [6.07, 6.45) is 2.48. The van der Waals surface area contributed by atoms with E-state index in [0.717, 1.165) is 11.8 Å². The molecule has 0 fully saturated rings. The van der Waals surface area contributed by atoms with Gasteiger partial charge in [-0.25, -0.2) is 29.0 Å². The van der Waals surface area contributed by atoms with E-state index in [2.05, 4.69) is 25.4 Å². The van der Waals surface area contributed by atoms with E-state index >= 15 is 0 Å². The SMILES string of the molecule is Cc1c(NN)ncnc1NCCNS(C)(=O)=O. The number of nitrogens with zero attached hydrogens (tertiary/aromatic N) is 2. The lowest BCUT2D eigenvalue weighted by Crippen LogP contribution is -2.28. The molecule has 0 bridgehead atoms. The Kier molecular flexibility index (Phi) is 4.61. The molecule has 1 aromatic rings. The van der Waals surface area contributed by atoms with E-state index in [9.17, 15) is 8.42 Å². The Morgan fingerprint density at radius 1 is 1.29 bits per heavy atom. The lowest BCUT2D eigenvalue weighted by Gasteiger charge is -2.10. The molecule has 96 valence electrons. The summed E-state index contributed by atoms with van der Waals surface area (Å²) in [5.74, 6) is 6.41. The van der Waals surface area contributed by atoms with Gasteiger partial charge < -0.3 is 10.7 Å². The van der Waals surface area contributed by atoms with Gasteiger partial charge in [-0.2, -0.15) is 0 Å². The summed E-state index contributed by atoms with van der Waals surface area (Å²) >= 11 is 0. The number of hydrazine groups is 1. The van der Waals surface area contributed by atoms with Crippen molar-refractivity contribution in [2.24, 2.45) is 5.84 Å². The van der Waals surface area contributed by atoms with Crippen LogP contribution in [-0.2, 0) is 10.0 Å². The van der Waals surface area contributed by atoms with Crippen LogP contribution in [0, 0.1) is 6.92 Å². The molecule has 0 aliphatic carbocycles. The van der Waals surface area contributed by atoms with Gasteiger partial charge in [-0.1, -0.05) is 0 Å². The number of nitrogens with two attached hydrogens (primary N) is 1. The number of aromatic nitrogens is 2. The molecule has 1 aromatic heterocycles. The molecule has 0 spiro atoms. The van der Waals surface area contributed by atoms with Gasteiger partial charge in [0.05, 0.1) is 6.26 Å². The minimum atomic E-state index is -3.16. The Bertz CT molecular complexity index is 475. The molecule has 0 unspecified atom stereocenters. The summed E-state index contributed by atoms with van der Waals surface area (Å²) in [4.78, 5) is 7.95. The fourth-order valence-corrected chi connectivity index (χ4v) is 1.66. The molecule has 0 amide bonds. The summed E-state index contributed by atoms with van der Waals surface area (Å²) in [5, 5.41) is 2.99. The molecule has 1 rings (SSSR count). The Labute approximate surface area is 100 Å². The summed E-state index contributed by atoms with van der Waals surface area (Å²) in [7, 11) is -3.16. The van der Waals surface area contributed by atoms with Gasteiger partial charge in [0.2, 0.25) is 10.0 Å². The molecule has 0 radical (unpaired) electrons. The summed E-state index contributed by atoms with van der Waals surface area (Å²) in [5.41, 5.74) is 3.22. The fourth-order valence-electron chi connectivity index (χ4n) is 1.19. The van der Waals surface area contributed by atoms with Crippen LogP contribution in [0.25, 0.3) is 0 Å². The van der Waals surface area contributed by atoms with Crippen molar-refractivity contribution in [2.75, 3.05) is 30.1 Å². The Balaban J connectivity index is 2.52. The van der Waals surface area contributed by atoms with Crippen molar-refractivity contribution in [1.82, 2.24) is 14.7 Å². The first-order valence-electron chi connectivity index (χ1n) is 4.91. The zero-order chi connectivity index (χ0) is 12.9. The molecule has 9 heteroatoms. The molecule has 17 heavy (non-hydrogen) atoms. The first-order chi connectivity index (χ1) is 7.94. The Morgan fingerprint density at radius 2 is 1.94 bits per heavy atom. The zero-order valence-electron chi connectivity index (χ0n) is 9.69. The normalized spacial score (nSPS) is 11.2. The van der Waals surface area contributed by atoms with Crippen LogP contribution in [0.1, 0.15) is 5.56 Å². The van der Waals surface area contributed by atoms with Crippen LogP contribution < -0.4 is 21.3 Å². The van der Waals surface area contributed by atoms with Crippen LogP contribution in [0.15, 0.2) is 6.33 Å². The van der Waals surface area contributed by atoms with E-state index in [4.69, 9.17) is 5.84 Å². The van der Waals surface area contributed by atoms with Crippen LogP contribution in [0.2, 0.25) is 0 Å². The van der Waals surface area contributed by atoms with Gasteiger partial charge in [0, 0.05) is 18.7 Å². The van der Waals surface area contributed by atoms with E-state index < -0.39 is 10.0 Å². The van der Waals surface area contributed by atoms with Crippen molar-refractivity contribution in [1.29, 1.82) is 0 Å². The lowest BCUT2D eigenvalue weighted by atomic mass is 10.3. The average Bonchev–Trinajstić information content (AvgIpc) is 2.25. The third-order valence-electron chi connectivity index (χ3n) is 2.00. The van der Waals surface area contributed by atoms with Crippen molar-refractivity contribution >= 4 is 21.7 Å². The number of anilines is 2. The third-order valence-corrected chi connectivity index (χ3v) is 2.73. The second-order valence-electron chi connectivity index (χ2n) is 3.43. The molecule has 1 heterocycles. The molecule has 0 atom stereocenters. The topological polar surface area (TPSA) is 122 Å². The molecule has 0 saturated carbocycles. The lowest BCUT2D eigenvalue weighted by molar-refractivity contribution is 0.589. The van der Waals surface area contributed by atoms with Gasteiger partial charge in [0.25, 0.3) is 0 Å². The molecule has 5 N–H and O–H groups in total. The molecule has 0 aliphatic rings. The van der Waals surface area contributed by atoms with Crippen molar-refractivity contribution in [2.45, 2.75) is 6.92 Å². The monoisotopic (exact) mass is 260 g/mol. The molecule has 8 nitrogen and oxygen atoms in total. The second kappa shape index (κ2) is 5.75. The fraction of sp³-hybridized carbons (Fsp3) is 0.500. The number of rotatable bonds is 6. The van der Waals surface area contributed by atoms with E-state index in [1.165, 1.54) is 6.33 Å². The Morgan fingerprint density at radius 3 is 2.53 bits per heavy atom. The number of hydrogen-bond acceptors (Lipinski definition) is 7. The molecular weight excluding hydrogens is 244 g/mol. The predicted molar refractivity (Wildman–Crippen MR) is 65.9 cm³/mol. The number of sulfonamides is 1. The number of hydrogen-bond donors (Lipinski definition) is 4. The highest BCUT2D eigenvalue weighted by molar-refractivity contribution is 7.88. The largest absolute Gasteiger partial charge is 0.368 e. The highest BCUT2D eigenvalue weighted by Crippen LogP contribution is 2.16. The summed E-state index contributed by atoms with van der Waals surface area (Å²) in [6.45, 7) is 2.52. The van der Waals surface area contributed by atoms with Crippen molar-refractivity contribution in [3.05, 3.63) is 11.9 Å². The quantitative estimate of drug-likeness (QED) is 0.295. The number of nitrogens with one attached hydrogen (secondary N) is 3. The van der Waals surface area contributed by atoms with E-state index in [1.54, 1.807) is 0 Å². The van der Waals surface area contributed by atoms with E-state index in [1.807, 2.05) is 6.92 Å². The summed E-state index contributed by atoms with van der Waals surface area (Å²) < 4.78 is 24.0. The number of nitrogen functional groups attached to an aromatic ring is 1. The van der Waals surface area contributed by atoms with E-state index in [0.29, 0.717) is 18.2 Å². The van der Waals surface area contributed by atoms with Crippen molar-refractivity contribution < 1.29 is 8.42 Å². The maximum atomic E-state index is 10.8. The van der Waals surface area contributed by atoms with Crippen LogP contribution in [0.4, 0.5) is 11.6 Å². The van der Waals surface area contributed by atoms with Gasteiger partial charge in [-0.05, 0) is 6.92 Å². The van der Waals surface area contributed by atoms with E-state index in [-0.39, 0.29) is 6.54 Å². The maximum absolute atomic E-state index is 10.8. The van der Waals surface area contributed by atoms with Crippen LogP contribution in [0.5, 0.6) is 0 Å². The van der Waals surface area contributed by atoms with Gasteiger partial charge >= 0.3 is 0 Å². The van der Waals surface area contributed by atoms with Gasteiger partial charge in [0.1, 0.15) is 18.0 Å². The van der Waals surface area contributed by atoms with Crippen LogP contribution >= 0.6 is 0 Å². The van der Waals surface area contributed by atoms with Crippen molar-refractivity contribution in [3.63, 3.8) is 0 Å². The van der Waals surface area contributed by atoms with Gasteiger partial charge in [-0.15, -0.1) is 0 Å². The molecule has 0 saturated heterocycles. The molecule has 0 aromatic carbocycles. The molecule has 0 aliphatic heterocycles. The first-order valence-corrected chi connectivity index (χ1v) is 6.80. The minimum absolute atomic E-state index is 0.285. The minimum Gasteiger partial charge on any atom is -0.368 e. The highest BCUT2D eigenvalue weighted by atomic mass is 32.2. The second-order valence-corrected chi connectivity index (χ2v) is 5.27. The van der Waals surface area contributed by atoms with Gasteiger partial charge in [0.15, 0.2) is 0 Å². The average molecular weight is 260 g/mol. The van der Waals surface area contributed by atoms with Gasteiger partial charge in [-0.3, -0.25) is 0 Å². The summed E-state index contributed by atoms with van der Waals surface area (Å²) in [6, 6.07) is 0. The predicted octanol–water partition coefficient (Wildman–Crippen LogP) is -0.968. The van der Waals surface area contributed by atoms with Crippen molar-refractivity contribution in [3.8, 4) is 0 Å². The maximum Gasteiger partial charge on any atom is 0.208 e. The zero-order valence-corrected chi connectivity index (χ0v) is 10.5. The van der Waals surface area contributed by atoms with Crippen LogP contribution in [0.3, 0.4) is 0 Å².